The Morgan fingerprint density at radius 3 is 2.95 bits per heavy atom. The average Bonchev–Trinajstić information content (AvgIpc) is 2.86. The zero-order valence-electron chi connectivity index (χ0n) is 12.4. The molecule has 0 bridgehead atoms. The lowest BCUT2D eigenvalue weighted by molar-refractivity contribution is -0.107. The van der Waals surface area contributed by atoms with Crippen LogP contribution in [0.1, 0.15) is 25.7 Å². The summed E-state index contributed by atoms with van der Waals surface area (Å²) in [5, 5.41) is 7.41. The Hall–Kier alpha value is -0.690. The van der Waals surface area contributed by atoms with Crippen LogP contribution in [0.2, 0.25) is 0 Å². The maximum atomic E-state index is 7.41. The van der Waals surface area contributed by atoms with Crippen LogP contribution in [0.25, 0.3) is 0 Å². The maximum absolute atomic E-state index is 7.41. The number of nitrogens with two attached hydrogens (primary N) is 1. The lowest BCUT2D eigenvalue weighted by Crippen LogP contribution is -2.50. The molecule has 0 aliphatic carbocycles. The van der Waals surface area contributed by atoms with Crippen molar-refractivity contribution in [2.24, 2.45) is 5.73 Å². The fourth-order valence-electron chi connectivity index (χ4n) is 3.13. The van der Waals surface area contributed by atoms with E-state index in [-0.39, 0.29) is 11.4 Å². The average molecular weight is 285 g/mol. The number of hydrogen-bond donors (Lipinski definition) is 2. The van der Waals surface area contributed by atoms with Crippen LogP contribution in [0.4, 0.5) is 0 Å². The Morgan fingerprint density at radius 1 is 1.45 bits per heavy atom. The Labute approximate surface area is 121 Å². The lowest BCUT2D eigenvalue weighted by Gasteiger charge is -2.42. The minimum atomic E-state index is -0.0789. The minimum absolute atomic E-state index is 0.0789. The van der Waals surface area contributed by atoms with Crippen LogP contribution in [0.3, 0.4) is 0 Å². The third-order valence-corrected chi connectivity index (χ3v) is 4.30. The fourth-order valence-corrected chi connectivity index (χ4v) is 3.13. The molecule has 116 valence electrons. The van der Waals surface area contributed by atoms with Gasteiger partial charge in [-0.15, -0.1) is 0 Å². The first-order chi connectivity index (χ1) is 9.65. The molecule has 2 rings (SSSR count). The number of nitrogens with one attached hydrogen (secondary N) is 1. The van der Waals surface area contributed by atoms with Gasteiger partial charge in [-0.3, -0.25) is 10.3 Å². The van der Waals surface area contributed by atoms with Crippen LogP contribution in [0.15, 0.2) is 0 Å². The number of methoxy groups -OCH3 is 1. The van der Waals surface area contributed by atoms with Crippen molar-refractivity contribution in [3.8, 4) is 0 Å². The van der Waals surface area contributed by atoms with Gasteiger partial charge >= 0.3 is 0 Å². The predicted octanol–water partition coefficient (Wildman–Crippen LogP) is 0.599. The molecular weight excluding hydrogens is 258 g/mol. The first-order valence-corrected chi connectivity index (χ1v) is 7.43. The van der Waals surface area contributed by atoms with Gasteiger partial charge in [0, 0.05) is 52.3 Å². The second-order valence-corrected chi connectivity index (χ2v) is 5.78. The third kappa shape index (κ3) is 4.15. The number of amidine groups is 1. The van der Waals surface area contributed by atoms with Crippen LogP contribution in [0.5, 0.6) is 0 Å². The van der Waals surface area contributed by atoms with E-state index in [1.807, 2.05) is 0 Å². The van der Waals surface area contributed by atoms with Crippen molar-refractivity contribution in [2.75, 3.05) is 46.6 Å². The molecule has 2 heterocycles. The van der Waals surface area contributed by atoms with Crippen LogP contribution in [-0.4, -0.2) is 69.0 Å². The van der Waals surface area contributed by atoms with Crippen molar-refractivity contribution in [1.82, 2.24) is 4.90 Å². The van der Waals surface area contributed by atoms with Gasteiger partial charge in [0.25, 0.3) is 0 Å². The molecule has 2 aliphatic heterocycles. The highest BCUT2D eigenvalue weighted by Gasteiger charge is 2.42. The molecule has 2 aliphatic rings. The van der Waals surface area contributed by atoms with E-state index in [1.54, 1.807) is 7.11 Å². The quantitative estimate of drug-likeness (QED) is 0.529. The molecule has 2 unspecified atom stereocenters. The van der Waals surface area contributed by atoms with Crippen molar-refractivity contribution >= 4 is 5.84 Å². The van der Waals surface area contributed by atoms with Crippen molar-refractivity contribution in [3.05, 3.63) is 0 Å². The normalized spacial score (nSPS) is 30.2. The molecule has 6 nitrogen and oxygen atoms in total. The molecule has 2 fully saturated rings. The summed E-state index contributed by atoms with van der Waals surface area (Å²) in [6.07, 6.45) is 3.65. The van der Waals surface area contributed by atoms with E-state index < -0.39 is 0 Å². The minimum Gasteiger partial charge on any atom is -0.388 e. The Bertz CT molecular complexity index is 319. The first kappa shape index (κ1) is 15.7. The van der Waals surface area contributed by atoms with Crippen LogP contribution in [0, 0.1) is 5.41 Å². The SMILES string of the molecule is COCCN(CCC(=N)N)C1CCOC2(CCOC2)C1. The van der Waals surface area contributed by atoms with E-state index in [0.717, 1.165) is 45.6 Å². The van der Waals surface area contributed by atoms with Crippen molar-refractivity contribution < 1.29 is 14.2 Å². The molecule has 0 saturated carbocycles. The maximum Gasteiger partial charge on any atom is 0.0951 e. The summed E-state index contributed by atoms with van der Waals surface area (Å²) < 4.78 is 16.7. The molecule has 0 aromatic rings. The largest absolute Gasteiger partial charge is 0.388 e. The zero-order valence-corrected chi connectivity index (χ0v) is 12.4. The predicted molar refractivity (Wildman–Crippen MR) is 77.1 cm³/mol. The van der Waals surface area contributed by atoms with E-state index >= 15 is 0 Å². The smallest absolute Gasteiger partial charge is 0.0951 e. The molecule has 0 aromatic carbocycles. The second-order valence-electron chi connectivity index (χ2n) is 5.78. The zero-order chi connectivity index (χ0) is 14.4. The van der Waals surface area contributed by atoms with Gasteiger partial charge < -0.3 is 19.9 Å². The standard InChI is InChI=1S/C14H27N3O3/c1-18-9-6-17(5-2-13(15)16)12-3-7-20-14(10-12)4-8-19-11-14/h12H,2-11H2,1H3,(H3,15,16). The van der Waals surface area contributed by atoms with Crippen LogP contribution in [-0.2, 0) is 14.2 Å². The van der Waals surface area contributed by atoms with Gasteiger partial charge in [-0.2, -0.15) is 0 Å². The van der Waals surface area contributed by atoms with Gasteiger partial charge in [0.2, 0.25) is 0 Å². The molecule has 0 aromatic heterocycles. The molecule has 2 atom stereocenters. The number of nitrogens with zero attached hydrogens (tertiary/aromatic N) is 1. The van der Waals surface area contributed by atoms with E-state index in [2.05, 4.69) is 4.90 Å². The van der Waals surface area contributed by atoms with Gasteiger partial charge in [-0.1, -0.05) is 0 Å². The molecule has 2 saturated heterocycles. The Balaban J connectivity index is 1.93. The molecule has 6 heteroatoms. The summed E-state index contributed by atoms with van der Waals surface area (Å²) in [5.41, 5.74) is 5.42. The summed E-state index contributed by atoms with van der Waals surface area (Å²) in [5.74, 6) is 0.249. The summed E-state index contributed by atoms with van der Waals surface area (Å²) in [6.45, 7) is 4.72. The fraction of sp³-hybridized carbons (Fsp3) is 0.929. The van der Waals surface area contributed by atoms with E-state index in [1.165, 1.54) is 0 Å². The first-order valence-electron chi connectivity index (χ1n) is 7.43. The van der Waals surface area contributed by atoms with Gasteiger partial charge in [0.1, 0.15) is 0 Å². The highest BCUT2D eigenvalue weighted by atomic mass is 16.6. The Morgan fingerprint density at radius 2 is 2.30 bits per heavy atom. The second kappa shape index (κ2) is 7.36. The molecule has 1 spiro atoms. The van der Waals surface area contributed by atoms with Gasteiger partial charge in [-0.05, 0) is 12.8 Å². The third-order valence-electron chi connectivity index (χ3n) is 4.30. The van der Waals surface area contributed by atoms with Crippen LogP contribution >= 0.6 is 0 Å². The monoisotopic (exact) mass is 285 g/mol. The topological polar surface area (TPSA) is 80.8 Å². The summed E-state index contributed by atoms with van der Waals surface area (Å²) in [6, 6.07) is 0.472. The van der Waals surface area contributed by atoms with Crippen molar-refractivity contribution in [1.29, 1.82) is 5.41 Å². The molecule has 3 N–H and O–H groups in total. The van der Waals surface area contributed by atoms with Gasteiger partial charge in [0.05, 0.1) is 24.7 Å². The number of hydrogen-bond acceptors (Lipinski definition) is 5. The number of ether oxygens (including phenoxy) is 3. The van der Waals surface area contributed by atoms with Gasteiger partial charge in [0.15, 0.2) is 0 Å². The van der Waals surface area contributed by atoms with Crippen LogP contribution < -0.4 is 5.73 Å². The van der Waals surface area contributed by atoms with E-state index in [4.69, 9.17) is 25.4 Å². The summed E-state index contributed by atoms with van der Waals surface area (Å²) in [4.78, 5) is 2.40. The number of rotatable bonds is 7. The highest BCUT2D eigenvalue weighted by molar-refractivity contribution is 5.76. The Kier molecular flexibility index (Phi) is 5.77. The molecule has 0 radical (unpaired) electrons. The highest BCUT2D eigenvalue weighted by Crippen LogP contribution is 2.34. The summed E-state index contributed by atoms with van der Waals surface area (Å²) >= 11 is 0. The van der Waals surface area contributed by atoms with E-state index in [9.17, 15) is 0 Å². The molecular formula is C14H27N3O3. The van der Waals surface area contributed by atoms with Gasteiger partial charge in [-0.25, -0.2) is 0 Å². The van der Waals surface area contributed by atoms with Crippen molar-refractivity contribution in [3.63, 3.8) is 0 Å². The molecule has 20 heavy (non-hydrogen) atoms. The summed E-state index contributed by atoms with van der Waals surface area (Å²) in [7, 11) is 1.72. The van der Waals surface area contributed by atoms with Crippen molar-refractivity contribution in [2.45, 2.75) is 37.3 Å². The van der Waals surface area contributed by atoms with E-state index in [0.29, 0.717) is 25.7 Å². The molecule has 0 amide bonds. The lowest BCUT2D eigenvalue weighted by atomic mass is 9.88.